The van der Waals surface area contributed by atoms with Crippen LogP contribution in [0.3, 0.4) is 0 Å². The molecule has 3 aromatic rings. The molecule has 0 aliphatic heterocycles. The SMILES string of the molecule is COc1cc(-c2ccc3cc(C(=O)NC4(C(=O)NC5(C#N)CC5)CCC(F)(F)CC4)oc3c2)ccc1OCS(C)(=O)=O. The zero-order chi connectivity index (χ0) is 30.3. The van der Waals surface area contributed by atoms with Gasteiger partial charge in [0.2, 0.25) is 11.8 Å². The van der Waals surface area contributed by atoms with Crippen LogP contribution in [0.4, 0.5) is 8.78 Å². The summed E-state index contributed by atoms with van der Waals surface area (Å²) in [5.41, 5.74) is -0.858. The van der Waals surface area contributed by atoms with Gasteiger partial charge in [0.15, 0.2) is 33.0 Å². The largest absolute Gasteiger partial charge is 0.493 e. The highest BCUT2D eigenvalue weighted by molar-refractivity contribution is 7.90. The second-order valence-electron chi connectivity index (χ2n) is 11.0. The number of carbonyl (C=O) groups is 2. The molecule has 2 aromatic carbocycles. The number of nitriles is 1. The third-order valence-corrected chi connectivity index (χ3v) is 8.15. The standard InChI is InChI=1S/C29H29F2N3O7S/c1-39-23-14-19(5-6-21(23)40-17-42(2,37)38)18-3-4-20-15-24(41-22(20)13-18)25(35)33-28(9-11-29(30,31)12-10-28)26(36)34-27(16-32)7-8-27/h3-6,13-15H,7-12,17H2,1-2H3,(H,33,35)(H,34,36). The van der Waals surface area contributed by atoms with Crippen molar-refractivity contribution in [3.8, 4) is 28.7 Å². The van der Waals surface area contributed by atoms with Gasteiger partial charge in [-0.3, -0.25) is 9.59 Å². The van der Waals surface area contributed by atoms with Crippen LogP contribution in [0.25, 0.3) is 22.1 Å². The van der Waals surface area contributed by atoms with Crippen LogP contribution in [0, 0.1) is 11.3 Å². The lowest BCUT2D eigenvalue weighted by molar-refractivity contribution is -0.133. The van der Waals surface area contributed by atoms with Crippen LogP contribution >= 0.6 is 0 Å². The summed E-state index contributed by atoms with van der Waals surface area (Å²) in [4.78, 5) is 26.6. The molecule has 0 saturated heterocycles. The summed E-state index contributed by atoms with van der Waals surface area (Å²) < 4.78 is 67.5. The Kier molecular flexibility index (Phi) is 7.39. The number of benzene rings is 2. The third kappa shape index (κ3) is 6.18. The number of rotatable bonds is 9. The molecule has 0 radical (unpaired) electrons. The molecular weight excluding hydrogens is 572 g/mol. The number of alkyl halides is 2. The summed E-state index contributed by atoms with van der Waals surface area (Å²) in [7, 11) is -1.93. The van der Waals surface area contributed by atoms with E-state index in [4.69, 9.17) is 13.9 Å². The van der Waals surface area contributed by atoms with Crippen LogP contribution in [0.2, 0.25) is 0 Å². The Balaban J connectivity index is 1.38. The van der Waals surface area contributed by atoms with Gasteiger partial charge in [0.1, 0.15) is 16.7 Å². The normalized spacial score (nSPS) is 18.5. The number of sulfone groups is 1. The van der Waals surface area contributed by atoms with Crippen molar-refractivity contribution < 1.29 is 40.7 Å². The number of halogens is 2. The summed E-state index contributed by atoms with van der Waals surface area (Å²) in [6.45, 7) is 0. The number of nitrogens with one attached hydrogen (secondary N) is 2. The maximum Gasteiger partial charge on any atom is 0.287 e. The van der Waals surface area contributed by atoms with E-state index in [1.807, 2.05) is 6.07 Å². The number of methoxy groups -OCH3 is 1. The highest BCUT2D eigenvalue weighted by Gasteiger charge is 2.53. The van der Waals surface area contributed by atoms with Gasteiger partial charge in [0, 0.05) is 24.5 Å². The molecule has 2 fully saturated rings. The molecule has 0 bridgehead atoms. The van der Waals surface area contributed by atoms with E-state index in [9.17, 15) is 32.0 Å². The molecule has 42 heavy (non-hydrogen) atoms. The van der Waals surface area contributed by atoms with Crippen LogP contribution < -0.4 is 20.1 Å². The number of hydrogen-bond donors (Lipinski definition) is 2. The molecule has 1 heterocycles. The minimum atomic E-state index is -3.36. The summed E-state index contributed by atoms with van der Waals surface area (Å²) in [6.07, 6.45) is 0.259. The second kappa shape index (κ2) is 10.6. The molecule has 10 nitrogen and oxygen atoms in total. The van der Waals surface area contributed by atoms with Crippen molar-refractivity contribution >= 4 is 32.6 Å². The lowest BCUT2D eigenvalue weighted by Crippen LogP contribution is -2.62. The zero-order valence-corrected chi connectivity index (χ0v) is 23.8. The maximum atomic E-state index is 14.0. The number of carbonyl (C=O) groups excluding carboxylic acids is 2. The maximum absolute atomic E-state index is 14.0. The fraction of sp³-hybridized carbons (Fsp3) is 0.414. The lowest BCUT2D eigenvalue weighted by Gasteiger charge is -2.39. The minimum absolute atomic E-state index is 0.102. The number of hydrogen-bond acceptors (Lipinski definition) is 8. The van der Waals surface area contributed by atoms with E-state index in [0.717, 1.165) is 6.26 Å². The van der Waals surface area contributed by atoms with Gasteiger partial charge in [-0.1, -0.05) is 18.2 Å². The molecule has 0 unspecified atom stereocenters. The molecule has 0 atom stereocenters. The summed E-state index contributed by atoms with van der Waals surface area (Å²) in [5.74, 6) is -4.36. The predicted octanol–water partition coefficient (Wildman–Crippen LogP) is 4.34. The third-order valence-electron chi connectivity index (χ3n) is 7.61. The van der Waals surface area contributed by atoms with Gasteiger partial charge < -0.3 is 24.5 Å². The second-order valence-corrected chi connectivity index (χ2v) is 13.0. The number of furan rings is 1. The van der Waals surface area contributed by atoms with Crippen molar-refractivity contribution in [1.82, 2.24) is 10.6 Å². The molecule has 13 heteroatoms. The molecule has 2 saturated carbocycles. The Bertz CT molecular complexity index is 1700. The summed E-state index contributed by atoms with van der Waals surface area (Å²) in [6, 6.07) is 13.7. The van der Waals surface area contributed by atoms with Gasteiger partial charge in [-0.25, -0.2) is 17.2 Å². The van der Waals surface area contributed by atoms with Gasteiger partial charge in [0.25, 0.3) is 5.91 Å². The van der Waals surface area contributed by atoms with Crippen LogP contribution in [-0.4, -0.2) is 56.5 Å². The smallest absolute Gasteiger partial charge is 0.287 e. The predicted molar refractivity (Wildman–Crippen MR) is 148 cm³/mol. The molecule has 0 spiro atoms. The van der Waals surface area contributed by atoms with E-state index >= 15 is 0 Å². The molecular formula is C29H29F2N3O7S. The Hall–Kier alpha value is -4.18. The Labute approximate surface area is 240 Å². The summed E-state index contributed by atoms with van der Waals surface area (Å²) >= 11 is 0. The molecule has 2 aliphatic carbocycles. The van der Waals surface area contributed by atoms with E-state index in [1.165, 1.54) is 13.2 Å². The number of nitrogens with zero attached hydrogens (tertiary/aromatic N) is 1. The van der Waals surface area contributed by atoms with E-state index < -0.39 is 57.4 Å². The molecule has 2 amide bonds. The van der Waals surface area contributed by atoms with Crippen molar-refractivity contribution in [1.29, 1.82) is 5.26 Å². The topological polar surface area (TPSA) is 148 Å². The highest BCUT2D eigenvalue weighted by atomic mass is 32.2. The van der Waals surface area contributed by atoms with Gasteiger partial charge >= 0.3 is 0 Å². The van der Waals surface area contributed by atoms with Gasteiger partial charge in [0.05, 0.1) is 13.2 Å². The first-order chi connectivity index (χ1) is 19.8. The van der Waals surface area contributed by atoms with Crippen molar-refractivity contribution in [2.24, 2.45) is 0 Å². The molecule has 1 aromatic heterocycles. The number of amides is 2. The average molecular weight is 602 g/mol. The Morgan fingerprint density at radius 1 is 0.976 bits per heavy atom. The Morgan fingerprint density at radius 2 is 1.64 bits per heavy atom. The number of fused-ring (bicyclic) bond motifs is 1. The fourth-order valence-corrected chi connectivity index (χ4v) is 5.26. The molecule has 5 rings (SSSR count). The van der Waals surface area contributed by atoms with E-state index in [2.05, 4.69) is 10.6 Å². The lowest BCUT2D eigenvalue weighted by atomic mass is 9.78. The van der Waals surface area contributed by atoms with Crippen molar-refractivity contribution in [3.05, 3.63) is 48.2 Å². The van der Waals surface area contributed by atoms with Gasteiger partial charge in [-0.15, -0.1) is 0 Å². The van der Waals surface area contributed by atoms with Crippen molar-refractivity contribution in [2.75, 3.05) is 19.3 Å². The quantitative estimate of drug-likeness (QED) is 0.368. The number of ether oxygens (including phenoxy) is 2. The van der Waals surface area contributed by atoms with Crippen LogP contribution in [0.15, 0.2) is 46.9 Å². The first kappa shape index (κ1) is 29.3. The first-order valence-corrected chi connectivity index (χ1v) is 15.3. The fourth-order valence-electron chi connectivity index (χ4n) is 4.92. The van der Waals surface area contributed by atoms with Crippen molar-refractivity contribution in [3.63, 3.8) is 0 Å². The first-order valence-electron chi connectivity index (χ1n) is 13.2. The molecule has 2 aliphatic rings. The van der Waals surface area contributed by atoms with E-state index in [1.54, 1.807) is 36.4 Å². The van der Waals surface area contributed by atoms with E-state index in [0.29, 0.717) is 40.7 Å². The van der Waals surface area contributed by atoms with Gasteiger partial charge in [-0.2, -0.15) is 5.26 Å². The van der Waals surface area contributed by atoms with E-state index in [-0.39, 0.29) is 24.4 Å². The van der Waals surface area contributed by atoms with Crippen molar-refractivity contribution in [2.45, 2.75) is 55.5 Å². The van der Waals surface area contributed by atoms with Crippen LogP contribution in [0.5, 0.6) is 11.5 Å². The molecule has 2 N–H and O–H groups in total. The minimum Gasteiger partial charge on any atom is -0.493 e. The Morgan fingerprint density at radius 3 is 2.26 bits per heavy atom. The average Bonchev–Trinajstić information content (AvgIpc) is 3.59. The van der Waals surface area contributed by atoms with Crippen LogP contribution in [-0.2, 0) is 14.6 Å². The summed E-state index contributed by atoms with van der Waals surface area (Å²) in [5, 5.41) is 15.3. The van der Waals surface area contributed by atoms with Crippen LogP contribution in [0.1, 0.15) is 49.1 Å². The highest BCUT2D eigenvalue weighted by Crippen LogP contribution is 2.41. The zero-order valence-electron chi connectivity index (χ0n) is 23.0. The monoisotopic (exact) mass is 601 g/mol. The molecule has 222 valence electrons. The van der Waals surface area contributed by atoms with Gasteiger partial charge in [-0.05, 0) is 61.1 Å².